The smallest absolute Gasteiger partial charge is 0.328 e. The van der Waals surface area contributed by atoms with E-state index in [4.69, 9.17) is 4.74 Å². The van der Waals surface area contributed by atoms with Crippen molar-refractivity contribution < 1.29 is 9.53 Å². The zero-order valence-electron chi connectivity index (χ0n) is 18.4. The number of aryl methyl sites for hydroxylation is 2. The Labute approximate surface area is 178 Å². The molecule has 0 spiro atoms. The number of hydrogen-bond acceptors (Lipinski definition) is 4. The molecule has 162 valence electrons. The maximum absolute atomic E-state index is 12.2. The van der Waals surface area contributed by atoms with Gasteiger partial charge >= 0.3 is 5.69 Å². The number of ether oxygens (including phenoxy) is 1. The Morgan fingerprint density at radius 1 is 1.17 bits per heavy atom. The molecule has 0 atom stereocenters. The molecule has 0 aliphatic heterocycles. The third-order valence-corrected chi connectivity index (χ3v) is 6.28. The lowest BCUT2D eigenvalue weighted by Gasteiger charge is -2.28. The average Bonchev–Trinajstić information content (AvgIpc) is 2.98. The molecule has 1 aromatic carbocycles. The van der Waals surface area contributed by atoms with Gasteiger partial charge in [0.15, 0.2) is 0 Å². The van der Waals surface area contributed by atoms with Crippen LogP contribution in [0.25, 0.3) is 11.0 Å². The number of carbonyl (C=O) groups is 1. The van der Waals surface area contributed by atoms with Gasteiger partial charge in [0.05, 0.1) is 18.1 Å². The van der Waals surface area contributed by atoms with E-state index in [1.54, 1.807) is 30.3 Å². The van der Waals surface area contributed by atoms with Gasteiger partial charge in [-0.1, -0.05) is 19.3 Å². The summed E-state index contributed by atoms with van der Waals surface area (Å²) in [5, 5.41) is 0. The van der Waals surface area contributed by atoms with Gasteiger partial charge in [-0.15, -0.1) is 0 Å². The van der Waals surface area contributed by atoms with Crippen molar-refractivity contribution in [1.82, 2.24) is 14.0 Å². The molecule has 0 radical (unpaired) electrons. The number of aromatic nitrogens is 2. The number of benzene rings is 1. The molecular weight excluding hydrogens is 386 g/mol. The quantitative estimate of drug-likeness (QED) is 0.714. The molecule has 29 heavy (non-hydrogen) atoms. The highest BCUT2D eigenvalue weighted by Crippen LogP contribution is 2.25. The maximum atomic E-state index is 12.2. The summed E-state index contributed by atoms with van der Waals surface area (Å²) in [7, 11) is 5.13. The largest absolute Gasteiger partial charge is 0.497 e. The first kappa shape index (κ1) is 23.4. The molecule has 1 amide bonds. The molecule has 1 aliphatic rings. The second kappa shape index (κ2) is 11.3. The van der Waals surface area contributed by atoms with Crippen molar-refractivity contribution >= 4 is 28.7 Å². The first-order chi connectivity index (χ1) is 13.9. The zero-order chi connectivity index (χ0) is 21.4. The molecule has 7 heteroatoms. The van der Waals surface area contributed by atoms with E-state index in [1.165, 1.54) is 19.3 Å². The molecule has 1 heterocycles. The van der Waals surface area contributed by atoms with Crippen LogP contribution in [-0.2, 0) is 18.9 Å². The van der Waals surface area contributed by atoms with E-state index >= 15 is 0 Å². The summed E-state index contributed by atoms with van der Waals surface area (Å²) in [5.74, 6) is 2.57. The van der Waals surface area contributed by atoms with E-state index in [0.29, 0.717) is 11.8 Å². The molecule has 0 saturated heterocycles. The number of thioether (sulfide) groups is 1. The van der Waals surface area contributed by atoms with Gasteiger partial charge in [-0.05, 0) is 38.2 Å². The molecule has 1 aliphatic carbocycles. The van der Waals surface area contributed by atoms with Crippen LogP contribution in [-0.4, -0.2) is 52.1 Å². The third-order valence-electron chi connectivity index (χ3n) is 5.69. The van der Waals surface area contributed by atoms with E-state index < -0.39 is 0 Å². The van der Waals surface area contributed by atoms with Crippen molar-refractivity contribution in [2.24, 2.45) is 20.0 Å². The van der Waals surface area contributed by atoms with Crippen LogP contribution in [0.1, 0.15) is 39.0 Å². The highest BCUT2D eigenvalue weighted by molar-refractivity contribution is 7.98. The first-order valence-electron chi connectivity index (χ1n) is 10.4. The van der Waals surface area contributed by atoms with Crippen LogP contribution in [0.15, 0.2) is 23.0 Å². The Kier molecular flexibility index (Phi) is 9.14. The highest BCUT2D eigenvalue weighted by atomic mass is 32.2. The van der Waals surface area contributed by atoms with Crippen LogP contribution in [0.5, 0.6) is 5.75 Å². The Morgan fingerprint density at radius 2 is 1.83 bits per heavy atom. The monoisotopic (exact) mass is 421 g/mol. The predicted molar refractivity (Wildman–Crippen MR) is 122 cm³/mol. The minimum absolute atomic E-state index is 0.0201. The molecule has 3 rings (SSSR count). The normalized spacial score (nSPS) is 14.4. The molecule has 1 fully saturated rings. The van der Waals surface area contributed by atoms with Gasteiger partial charge in [0, 0.05) is 44.9 Å². The van der Waals surface area contributed by atoms with Crippen LogP contribution in [0, 0.1) is 5.92 Å². The van der Waals surface area contributed by atoms with Crippen molar-refractivity contribution in [3.63, 3.8) is 0 Å². The molecule has 0 N–H and O–H groups in total. The number of nitrogens with zero attached hydrogens (tertiary/aromatic N) is 3. The third kappa shape index (κ3) is 5.81. The lowest BCUT2D eigenvalue weighted by atomic mass is 9.88. The van der Waals surface area contributed by atoms with E-state index in [9.17, 15) is 9.59 Å². The molecule has 0 unspecified atom stereocenters. The topological polar surface area (TPSA) is 56.5 Å². The standard InChI is InChI=1S/C12H23NOS.C10H12N2O2/c1-3-13(9-10-15-2)12(14)11-7-5-4-6-8-11;1-11-8-5-4-7(14-3)6-9(8)12(2)10(11)13/h11H,3-10H2,1-2H3;4-6H,1-3H3. The van der Waals surface area contributed by atoms with E-state index in [-0.39, 0.29) is 5.69 Å². The number of carbonyl (C=O) groups excluding carboxylic acids is 1. The summed E-state index contributed by atoms with van der Waals surface area (Å²) in [6, 6.07) is 5.59. The Hall–Kier alpha value is -1.89. The van der Waals surface area contributed by atoms with Crippen LogP contribution in [0.2, 0.25) is 0 Å². The Morgan fingerprint density at radius 3 is 2.41 bits per heavy atom. The van der Waals surface area contributed by atoms with Gasteiger partial charge in [0.2, 0.25) is 5.91 Å². The van der Waals surface area contributed by atoms with Crippen LogP contribution in [0.3, 0.4) is 0 Å². The van der Waals surface area contributed by atoms with E-state index in [2.05, 4.69) is 13.2 Å². The van der Waals surface area contributed by atoms with Gasteiger partial charge in [-0.25, -0.2) is 4.79 Å². The summed E-state index contributed by atoms with van der Waals surface area (Å²) in [4.78, 5) is 25.8. The lowest BCUT2D eigenvalue weighted by Crippen LogP contribution is -2.38. The van der Waals surface area contributed by atoms with Gasteiger partial charge in [-0.2, -0.15) is 11.8 Å². The molecule has 2 aromatic rings. The van der Waals surface area contributed by atoms with Crippen LogP contribution in [0.4, 0.5) is 0 Å². The number of methoxy groups -OCH3 is 1. The fourth-order valence-corrected chi connectivity index (χ4v) is 4.25. The van der Waals surface area contributed by atoms with Crippen molar-refractivity contribution in [2.45, 2.75) is 39.0 Å². The molecule has 6 nitrogen and oxygen atoms in total. The summed E-state index contributed by atoms with van der Waals surface area (Å²) < 4.78 is 8.33. The van der Waals surface area contributed by atoms with Gasteiger partial charge in [-0.3, -0.25) is 13.9 Å². The van der Waals surface area contributed by atoms with E-state index in [1.807, 2.05) is 34.9 Å². The van der Waals surface area contributed by atoms with Crippen molar-refractivity contribution in [3.8, 4) is 5.75 Å². The minimum atomic E-state index is -0.0201. The first-order valence-corrected chi connectivity index (χ1v) is 11.8. The number of rotatable bonds is 6. The Balaban J connectivity index is 0.000000207. The van der Waals surface area contributed by atoms with E-state index in [0.717, 1.165) is 48.5 Å². The van der Waals surface area contributed by atoms with Gasteiger partial charge in [0.1, 0.15) is 5.75 Å². The number of fused-ring (bicyclic) bond motifs is 1. The molecule has 1 aromatic heterocycles. The predicted octanol–water partition coefficient (Wildman–Crippen LogP) is 3.66. The van der Waals surface area contributed by atoms with Gasteiger partial charge < -0.3 is 9.64 Å². The van der Waals surface area contributed by atoms with Gasteiger partial charge in [0.25, 0.3) is 0 Å². The number of hydrogen-bond donors (Lipinski definition) is 0. The maximum Gasteiger partial charge on any atom is 0.328 e. The SMILES string of the molecule is CCN(CCSC)C(=O)C1CCCCC1.COc1ccc2c(c1)n(C)c(=O)n2C. The van der Waals surface area contributed by atoms with Crippen LogP contribution < -0.4 is 10.4 Å². The zero-order valence-corrected chi connectivity index (χ0v) is 19.3. The van der Waals surface area contributed by atoms with Crippen molar-refractivity contribution in [1.29, 1.82) is 0 Å². The number of imidazole rings is 1. The second-order valence-electron chi connectivity index (χ2n) is 7.50. The number of amides is 1. The minimum Gasteiger partial charge on any atom is -0.497 e. The summed E-state index contributed by atoms with van der Waals surface area (Å²) >= 11 is 1.82. The molecular formula is C22H35N3O3S. The van der Waals surface area contributed by atoms with Crippen LogP contribution >= 0.6 is 11.8 Å². The summed E-state index contributed by atoms with van der Waals surface area (Å²) in [5.41, 5.74) is 1.78. The average molecular weight is 422 g/mol. The molecule has 1 saturated carbocycles. The highest BCUT2D eigenvalue weighted by Gasteiger charge is 2.24. The Bertz CT molecular complexity index is 853. The summed E-state index contributed by atoms with van der Waals surface area (Å²) in [6.45, 7) is 3.88. The fraction of sp³-hybridized carbons (Fsp3) is 0.636. The van der Waals surface area contributed by atoms with Crippen molar-refractivity contribution in [2.75, 3.05) is 32.2 Å². The van der Waals surface area contributed by atoms with Crippen molar-refractivity contribution in [3.05, 3.63) is 28.7 Å². The second-order valence-corrected chi connectivity index (χ2v) is 8.49. The fourth-order valence-electron chi connectivity index (χ4n) is 3.85. The summed E-state index contributed by atoms with van der Waals surface area (Å²) in [6.07, 6.45) is 8.15. The molecule has 0 bridgehead atoms. The lowest BCUT2D eigenvalue weighted by molar-refractivity contribution is -0.136.